The molecule has 1 aromatic carbocycles. The van der Waals surface area contributed by atoms with Crippen molar-refractivity contribution < 1.29 is 23.4 Å². The average molecular weight is 351 g/mol. The van der Waals surface area contributed by atoms with Gasteiger partial charge in [0.2, 0.25) is 6.29 Å². The zero-order valence-electron chi connectivity index (χ0n) is 14.9. The lowest BCUT2D eigenvalue weighted by Crippen LogP contribution is -2.11. The second kappa shape index (κ2) is 9.68. The monoisotopic (exact) mass is 351 g/mol. The minimum Gasteiger partial charge on any atom is -0.458 e. The van der Waals surface area contributed by atoms with Gasteiger partial charge in [-0.3, -0.25) is 0 Å². The number of aliphatic hydroxyl groups excluding tert-OH is 1. The van der Waals surface area contributed by atoms with Crippen molar-refractivity contribution >= 4 is 0 Å². The van der Waals surface area contributed by atoms with Gasteiger partial charge in [-0.2, -0.15) is 0 Å². The van der Waals surface area contributed by atoms with E-state index in [4.69, 9.17) is 13.9 Å². The zero-order valence-corrected chi connectivity index (χ0v) is 14.9. The molecular formula is C19H26FNO4. The zero-order chi connectivity index (χ0) is 18.2. The number of furan rings is 1. The molecule has 2 aromatic rings. The normalized spacial score (nSPS) is 15.9. The molecule has 1 unspecified atom stereocenters. The molecule has 1 fully saturated rings. The summed E-state index contributed by atoms with van der Waals surface area (Å²) in [5.41, 5.74) is 0.565. The summed E-state index contributed by atoms with van der Waals surface area (Å²) in [6, 6.07) is 9.00. The minimum atomic E-state index is -0.934. The molecule has 1 aliphatic rings. The van der Waals surface area contributed by atoms with Crippen LogP contribution >= 0.6 is 0 Å². The van der Waals surface area contributed by atoms with Crippen molar-refractivity contribution in [3.63, 3.8) is 0 Å². The molecule has 1 aromatic heterocycles. The highest BCUT2D eigenvalue weighted by atomic mass is 19.1. The minimum absolute atomic E-state index is 0.344. The maximum Gasteiger partial charge on any atom is 0.217 e. The van der Waals surface area contributed by atoms with Crippen LogP contribution in [0.5, 0.6) is 0 Å². The summed E-state index contributed by atoms with van der Waals surface area (Å²) < 4.78 is 29.0. The van der Waals surface area contributed by atoms with Crippen LogP contribution < -0.4 is 0 Å². The van der Waals surface area contributed by atoms with Crippen LogP contribution in [0.15, 0.2) is 40.8 Å². The van der Waals surface area contributed by atoms with E-state index in [1.807, 2.05) is 0 Å². The standard InChI is InChI=1S/C14H13FO4.C5H13N/c15-10-3-1-9(2-4-10)13(16)11-5-6-12(19-11)14-17-7-8-18-14;1-4-5-6(2)3/h1-6,13-14,16H,7-8H2;4-5H2,1-3H3. The highest BCUT2D eigenvalue weighted by Gasteiger charge is 2.23. The number of benzene rings is 1. The summed E-state index contributed by atoms with van der Waals surface area (Å²) in [7, 11) is 4.17. The maximum absolute atomic E-state index is 12.8. The van der Waals surface area contributed by atoms with Crippen LogP contribution in [-0.2, 0) is 9.47 Å². The first-order valence-electron chi connectivity index (χ1n) is 8.42. The number of nitrogens with zero attached hydrogens (tertiary/aromatic N) is 1. The van der Waals surface area contributed by atoms with Gasteiger partial charge in [0.15, 0.2) is 5.76 Å². The Morgan fingerprint density at radius 3 is 2.28 bits per heavy atom. The Labute approximate surface area is 148 Å². The van der Waals surface area contributed by atoms with Gasteiger partial charge in [0.1, 0.15) is 17.7 Å². The molecule has 1 atom stereocenters. The molecule has 1 saturated heterocycles. The van der Waals surface area contributed by atoms with Gasteiger partial charge < -0.3 is 23.9 Å². The third-order valence-corrected chi connectivity index (χ3v) is 3.63. The summed E-state index contributed by atoms with van der Waals surface area (Å²) in [6.45, 7) is 4.45. The van der Waals surface area contributed by atoms with Gasteiger partial charge in [-0.25, -0.2) is 4.39 Å². The van der Waals surface area contributed by atoms with E-state index in [1.54, 1.807) is 12.1 Å². The lowest BCUT2D eigenvalue weighted by atomic mass is 10.1. The number of halogens is 1. The van der Waals surface area contributed by atoms with E-state index in [2.05, 4.69) is 25.9 Å². The van der Waals surface area contributed by atoms with Crippen LogP contribution in [0.4, 0.5) is 4.39 Å². The van der Waals surface area contributed by atoms with Gasteiger partial charge in [-0.1, -0.05) is 19.1 Å². The van der Waals surface area contributed by atoms with E-state index in [-0.39, 0.29) is 5.82 Å². The topological polar surface area (TPSA) is 55.1 Å². The molecule has 0 saturated carbocycles. The van der Waals surface area contributed by atoms with E-state index >= 15 is 0 Å². The number of rotatable bonds is 5. The second-order valence-corrected chi connectivity index (χ2v) is 6.07. The first-order valence-corrected chi connectivity index (χ1v) is 8.42. The second-order valence-electron chi connectivity index (χ2n) is 6.07. The SMILES string of the molecule is CCCN(C)C.OC(c1ccc(F)cc1)c1ccc(C2OCCO2)o1. The molecule has 25 heavy (non-hydrogen) atoms. The van der Waals surface area contributed by atoms with Crippen LogP contribution in [-0.4, -0.2) is 43.9 Å². The highest BCUT2D eigenvalue weighted by Crippen LogP contribution is 2.29. The van der Waals surface area contributed by atoms with Crippen LogP contribution in [0, 0.1) is 5.82 Å². The predicted octanol–water partition coefficient (Wildman–Crippen LogP) is 3.50. The largest absolute Gasteiger partial charge is 0.458 e. The van der Waals surface area contributed by atoms with E-state index in [0.29, 0.717) is 30.3 Å². The van der Waals surface area contributed by atoms with Crippen LogP contribution in [0.3, 0.4) is 0 Å². The first-order chi connectivity index (χ1) is 12.0. The summed E-state index contributed by atoms with van der Waals surface area (Å²) in [5, 5.41) is 10.1. The molecule has 0 aliphatic carbocycles. The third-order valence-electron chi connectivity index (χ3n) is 3.63. The van der Waals surface area contributed by atoms with Gasteiger partial charge in [0.25, 0.3) is 0 Å². The average Bonchev–Trinajstić information content (AvgIpc) is 3.27. The Hall–Kier alpha value is -1.73. The maximum atomic E-state index is 12.8. The Kier molecular flexibility index (Phi) is 7.58. The lowest BCUT2D eigenvalue weighted by Gasteiger charge is -2.09. The van der Waals surface area contributed by atoms with E-state index in [1.165, 1.54) is 37.2 Å². The Morgan fingerprint density at radius 2 is 1.76 bits per heavy atom. The number of hydrogen-bond acceptors (Lipinski definition) is 5. The molecule has 0 bridgehead atoms. The number of ether oxygens (including phenoxy) is 2. The molecular weight excluding hydrogens is 325 g/mol. The number of hydrogen-bond donors (Lipinski definition) is 1. The van der Waals surface area contributed by atoms with Crippen molar-refractivity contribution in [1.29, 1.82) is 0 Å². The fourth-order valence-corrected chi connectivity index (χ4v) is 2.42. The van der Waals surface area contributed by atoms with Crippen molar-refractivity contribution in [3.05, 3.63) is 59.3 Å². The van der Waals surface area contributed by atoms with E-state index in [0.717, 1.165) is 0 Å². The van der Waals surface area contributed by atoms with Crippen molar-refractivity contribution in [1.82, 2.24) is 4.90 Å². The highest BCUT2D eigenvalue weighted by molar-refractivity contribution is 5.25. The van der Waals surface area contributed by atoms with Gasteiger partial charge in [0.05, 0.1) is 13.2 Å². The Morgan fingerprint density at radius 1 is 1.12 bits per heavy atom. The van der Waals surface area contributed by atoms with Crippen LogP contribution in [0.25, 0.3) is 0 Å². The van der Waals surface area contributed by atoms with Crippen molar-refractivity contribution in [3.8, 4) is 0 Å². The molecule has 3 rings (SSSR count). The lowest BCUT2D eigenvalue weighted by molar-refractivity contribution is -0.0602. The molecule has 1 aliphatic heterocycles. The summed E-state index contributed by atoms with van der Waals surface area (Å²) in [4.78, 5) is 2.18. The predicted molar refractivity (Wildman–Crippen MR) is 92.7 cm³/mol. The first kappa shape index (κ1) is 19.6. The summed E-state index contributed by atoms with van der Waals surface area (Å²) in [5.74, 6) is 0.554. The fourth-order valence-electron chi connectivity index (χ4n) is 2.42. The smallest absolute Gasteiger partial charge is 0.217 e. The van der Waals surface area contributed by atoms with E-state index < -0.39 is 12.4 Å². The fraction of sp³-hybridized carbons (Fsp3) is 0.474. The van der Waals surface area contributed by atoms with Crippen molar-refractivity contribution in [2.75, 3.05) is 33.9 Å². The molecule has 0 radical (unpaired) electrons. The molecule has 5 nitrogen and oxygen atoms in total. The van der Waals surface area contributed by atoms with Crippen LogP contribution in [0.2, 0.25) is 0 Å². The van der Waals surface area contributed by atoms with Crippen molar-refractivity contribution in [2.45, 2.75) is 25.7 Å². The molecule has 2 heterocycles. The van der Waals surface area contributed by atoms with Gasteiger partial charge in [-0.05, 0) is 56.9 Å². The Balaban J connectivity index is 0.000000326. The van der Waals surface area contributed by atoms with Gasteiger partial charge in [-0.15, -0.1) is 0 Å². The quantitative estimate of drug-likeness (QED) is 0.893. The third kappa shape index (κ3) is 5.93. The van der Waals surface area contributed by atoms with Crippen molar-refractivity contribution in [2.24, 2.45) is 0 Å². The summed E-state index contributed by atoms with van der Waals surface area (Å²) >= 11 is 0. The molecule has 1 N–H and O–H groups in total. The Bertz CT molecular complexity index is 621. The molecule has 138 valence electrons. The summed E-state index contributed by atoms with van der Waals surface area (Å²) in [6.07, 6.45) is -0.183. The molecule has 0 spiro atoms. The molecule has 0 amide bonds. The molecule has 6 heteroatoms. The van der Waals surface area contributed by atoms with Gasteiger partial charge in [0, 0.05) is 0 Å². The number of aliphatic hydroxyl groups is 1. The van der Waals surface area contributed by atoms with Crippen LogP contribution in [0.1, 0.15) is 42.8 Å². The van der Waals surface area contributed by atoms with Gasteiger partial charge >= 0.3 is 0 Å². The van der Waals surface area contributed by atoms with E-state index in [9.17, 15) is 9.50 Å².